The predicted octanol–water partition coefficient (Wildman–Crippen LogP) is 3.49. The van der Waals surface area contributed by atoms with Gasteiger partial charge in [-0.2, -0.15) is 13.2 Å². The van der Waals surface area contributed by atoms with Gasteiger partial charge in [0.15, 0.2) is 0 Å². The van der Waals surface area contributed by atoms with Crippen molar-refractivity contribution in [2.75, 3.05) is 5.32 Å². The smallest absolute Gasteiger partial charge is 0.322 e. The number of carbonyl (C=O) groups is 1. The van der Waals surface area contributed by atoms with Crippen molar-refractivity contribution in [3.8, 4) is 0 Å². The summed E-state index contributed by atoms with van der Waals surface area (Å²) < 4.78 is 50.7. The van der Waals surface area contributed by atoms with E-state index in [0.29, 0.717) is 17.8 Å². The Hall–Kier alpha value is -2.44. The second-order valence-electron chi connectivity index (χ2n) is 3.88. The molecule has 0 aliphatic heterocycles. The monoisotopic (exact) mass is 284 g/mol. The average molecular weight is 284 g/mol. The minimum absolute atomic E-state index is 0.293. The number of hydrogen-bond acceptors (Lipinski definition) is 2. The number of amides is 1. The van der Waals surface area contributed by atoms with E-state index in [1.807, 2.05) is 0 Å². The number of nitrogens with one attached hydrogen (secondary N) is 1. The van der Waals surface area contributed by atoms with Crippen LogP contribution < -0.4 is 5.32 Å². The second kappa shape index (κ2) is 5.28. The van der Waals surface area contributed by atoms with Gasteiger partial charge in [0.25, 0.3) is 5.91 Å². The highest BCUT2D eigenvalue weighted by Crippen LogP contribution is 2.30. The molecule has 0 fully saturated rings. The molecule has 0 saturated carbocycles. The number of carbonyl (C=O) groups excluding carboxylic acids is 1. The average Bonchev–Trinajstić information content (AvgIpc) is 2.38. The summed E-state index contributed by atoms with van der Waals surface area (Å²) in [6, 6.07) is 4.69. The highest BCUT2D eigenvalue weighted by atomic mass is 19.4. The number of alkyl halides is 3. The van der Waals surface area contributed by atoms with Crippen molar-refractivity contribution in [3.63, 3.8) is 0 Å². The van der Waals surface area contributed by atoms with Crippen molar-refractivity contribution >= 4 is 11.6 Å². The fraction of sp³-hybridized carbons (Fsp3) is 0.0769. The topological polar surface area (TPSA) is 42.0 Å². The Balaban J connectivity index is 2.23. The second-order valence-corrected chi connectivity index (χ2v) is 3.88. The largest absolute Gasteiger partial charge is 0.416 e. The zero-order chi connectivity index (χ0) is 14.8. The van der Waals surface area contributed by atoms with Crippen molar-refractivity contribution < 1.29 is 22.4 Å². The van der Waals surface area contributed by atoms with Gasteiger partial charge < -0.3 is 5.32 Å². The van der Waals surface area contributed by atoms with Crippen LogP contribution in [0, 0.1) is 5.82 Å². The summed E-state index contributed by atoms with van der Waals surface area (Å²) >= 11 is 0. The molecule has 0 radical (unpaired) electrons. The fourth-order valence-corrected chi connectivity index (χ4v) is 1.51. The van der Waals surface area contributed by atoms with E-state index in [0.717, 1.165) is 6.07 Å². The molecule has 0 aliphatic rings. The van der Waals surface area contributed by atoms with E-state index in [1.165, 1.54) is 24.5 Å². The molecular formula is C13H8F4N2O. The van der Waals surface area contributed by atoms with E-state index in [-0.39, 0.29) is 0 Å². The summed E-state index contributed by atoms with van der Waals surface area (Å²) in [6.45, 7) is 0. The van der Waals surface area contributed by atoms with Crippen molar-refractivity contribution in [2.24, 2.45) is 0 Å². The Morgan fingerprint density at radius 1 is 1.10 bits per heavy atom. The van der Waals surface area contributed by atoms with Crippen LogP contribution in [0.25, 0.3) is 0 Å². The standard InChI is InChI=1S/C13H8F4N2O/c14-11-7-8(13(15,16)17)1-2-10(11)12(20)19-9-3-5-18-6-4-9/h1-7H,(H,18,19,20). The summed E-state index contributed by atoms with van der Waals surface area (Å²) in [6.07, 6.45) is -1.82. The van der Waals surface area contributed by atoms with Crippen LogP contribution in [-0.4, -0.2) is 10.9 Å². The summed E-state index contributed by atoms with van der Waals surface area (Å²) in [7, 11) is 0. The zero-order valence-corrected chi connectivity index (χ0v) is 9.91. The van der Waals surface area contributed by atoms with Gasteiger partial charge >= 0.3 is 6.18 Å². The first-order valence-electron chi connectivity index (χ1n) is 5.46. The number of hydrogen-bond donors (Lipinski definition) is 1. The Bertz CT molecular complexity index is 626. The number of nitrogens with zero attached hydrogens (tertiary/aromatic N) is 1. The van der Waals surface area contributed by atoms with Gasteiger partial charge in [0.05, 0.1) is 11.1 Å². The van der Waals surface area contributed by atoms with E-state index in [4.69, 9.17) is 0 Å². The third kappa shape index (κ3) is 3.11. The maximum Gasteiger partial charge on any atom is 0.416 e. The highest BCUT2D eigenvalue weighted by molar-refractivity contribution is 6.04. The minimum atomic E-state index is -4.65. The predicted molar refractivity (Wildman–Crippen MR) is 63.6 cm³/mol. The molecule has 1 heterocycles. The number of rotatable bonds is 2. The van der Waals surface area contributed by atoms with E-state index >= 15 is 0 Å². The van der Waals surface area contributed by atoms with Crippen molar-refractivity contribution in [1.82, 2.24) is 4.98 Å². The zero-order valence-electron chi connectivity index (χ0n) is 9.91. The molecule has 104 valence electrons. The van der Waals surface area contributed by atoms with Crippen molar-refractivity contribution in [1.29, 1.82) is 0 Å². The molecule has 3 nitrogen and oxygen atoms in total. The van der Waals surface area contributed by atoms with Crippen LogP contribution in [0.2, 0.25) is 0 Å². The third-order valence-corrected chi connectivity index (χ3v) is 2.48. The van der Waals surface area contributed by atoms with Gasteiger partial charge in [-0.05, 0) is 30.3 Å². The minimum Gasteiger partial charge on any atom is -0.322 e. The van der Waals surface area contributed by atoms with Crippen LogP contribution in [-0.2, 0) is 6.18 Å². The van der Waals surface area contributed by atoms with Gasteiger partial charge in [-0.3, -0.25) is 9.78 Å². The molecule has 7 heteroatoms. The van der Waals surface area contributed by atoms with Crippen LogP contribution in [0.1, 0.15) is 15.9 Å². The fourth-order valence-electron chi connectivity index (χ4n) is 1.51. The number of benzene rings is 1. The normalized spacial score (nSPS) is 11.2. The number of aromatic nitrogens is 1. The molecule has 0 aliphatic carbocycles. The van der Waals surface area contributed by atoms with Gasteiger partial charge in [0.1, 0.15) is 5.82 Å². The number of anilines is 1. The molecule has 0 bridgehead atoms. The molecule has 0 spiro atoms. The molecule has 0 unspecified atom stereocenters. The Labute approximate surface area is 111 Å². The molecule has 0 saturated heterocycles. The third-order valence-electron chi connectivity index (χ3n) is 2.48. The summed E-state index contributed by atoms with van der Waals surface area (Å²) in [5, 5.41) is 2.36. The first kappa shape index (κ1) is 14.0. The number of pyridine rings is 1. The maximum absolute atomic E-state index is 13.6. The van der Waals surface area contributed by atoms with Gasteiger partial charge in [-0.15, -0.1) is 0 Å². The molecule has 1 N–H and O–H groups in total. The molecule has 20 heavy (non-hydrogen) atoms. The van der Waals surface area contributed by atoms with Gasteiger partial charge in [0.2, 0.25) is 0 Å². The van der Waals surface area contributed by atoms with Gasteiger partial charge in [-0.1, -0.05) is 0 Å². The summed E-state index contributed by atoms with van der Waals surface area (Å²) in [4.78, 5) is 15.5. The van der Waals surface area contributed by atoms with Crippen LogP contribution in [0.5, 0.6) is 0 Å². The quantitative estimate of drug-likeness (QED) is 0.858. The van der Waals surface area contributed by atoms with Gasteiger partial charge in [0, 0.05) is 18.1 Å². The molecule has 1 aromatic heterocycles. The van der Waals surface area contributed by atoms with E-state index in [2.05, 4.69) is 10.3 Å². The lowest BCUT2D eigenvalue weighted by Gasteiger charge is -2.09. The Kier molecular flexibility index (Phi) is 3.69. The lowest BCUT2D eigenvalue weighted by atomic mass is 10.1. The number of halogens is 4. The first-order valence-corrected chi connectivity index (χ1v) is 5.46. The van der Waals surface area contributed by atoms with Crippen molar-refractivity contribution in [2.45, 2.75) is 6.18 Å². The van der Waals surface area contributed by atoms with E-state index in [1.54, 1.807) is 0 Å². The lowest BCUT2D eigenvalue weighted by Crippen LogP contribution is -2.15. The SMILES string of the molecule is O=C(Nc1ccncc1)c1ccc(C(F)(F)F)cc1F. The van der Waals surface area contributed by atoms with E-state index < -0.39 is 29.0 Å². The van der Waals surface area contributed by atoms with Crippen LogP contribution in [0.4, 0.5) is 23.2 Å². The molecule has 2 aromatic rings. The van der Waals surface area contributed by atoms with Crippen LogP contribution >= 0.6 is 0 Å². The van der Waals surface area contributed by atoms with Gasteiger partial charge in [-0.25, -0.2) is 4.39 Å². The molecular weight excluding hydrogens is 276 g/mol. The molecule has 1 aromatic carbocycles. The highest BCUT2D eigenvalue weighted by Gasteiger charge is 2.31. The van der Waals surface area contributed by atoms with Crippen LogP contribution in [0.3, 0.4) is 0 Å². The van der Waals surface area contributed by atoms with Crippen LogP contribution in [0.15, 0.2) is 42.7 Å². The summed E-state index contributed by atoms with van der Waals surface area (Å²) in [5.74, 6) is -2.06. The lowest BCUT2D eigenvalue weighted by molar-refractivity contribution is -0.137. The Morgan fingerprint density at radius 3 is 2.30 bits per heavy atom. The molecule has 1 amide bonds. The molecule has 0 atom stereocenters. The Morgan fingerprint density at radius 2 is 1.75 bits per heavy atom. The van der Waals surface area contributed by atoms with Crippen molar-refractivity contribution in [3.05, 3.63) is 59.7 Å². The summed E-state index contributed by atoms with van der Waals surface area (Å²) in [5.41, 5.74) is -1.24. The van der Waals surface area contributed by atoms with E-state index in [9.17, 15) is 22.4 Å². The maximum atomic E-state index is 13.6. The first-order chi connectivity index (χ1) is 9.38. The molecule has 2 rings (SSSR count).